The van der Waals surface area contributed by atoms with Crippen LogP contribution < -0.4 is 0 Å². The zero-order chi connectivity index (χ0) is 38.5. The van der Waals surface area contributed by atoms with Gasteiger partial charge in [0.05, 0.1) is 41.8 Å². The van der Waals surface area contributed by atoms with Crippen LogP contribution in [0.4, 0.5) is 0 Å². The van der Waals surface area contributed by atoms with E-state index in [9.17, 15) is 9.59 Å². The second-order valence-corrected chi connectivity index (χ2v) is 15.1. The number of H-pyrrole nitrogens is 2. The summed E-state index contributed by atoms with van der Waals surface area (Å²) in [6.45, 7) is 9.55. The van der Waals surface area contributed by atoms with E-state index in [0.29, 0.717) is 6.54 Å². The number of amides is 2. The zero-order valence-corrected chi connectivity index (χ0v) is 32.2. The van der Waals surface area contributed by atoms with Gasteiger partial charge in [0.25, 0.3) is 0 Å². The SMILES string of the molecule is COO/C=N/[C@H](C(=O)N1CCC[C@H]1c1nc2cc(C#Cc3ccc(-c4c[nH]c([C@@H]5CCCN5C(=O)[C@@H](c5ccccc5)C(C)C)n4)cc3)ccc2[nH]1)C(C)C. The number of carbonyl (C=O) groups is 2. The average Bonchev–Trinajstić information content (AvgIpc) is 4.02. The van der Waals surface area contributed by atoms with Crippen LogP contribution in [0.5, 0.6) is 0 Å². The largest absolute Gasteiger partial charge is 0.346 e. The van der Waals surface area contributed by atoms with Crippen LogP contribution in [0.25, 0.3) is 22.3 Å². The lowest BCUT2D eigenvalue weighted by atomic mass is 9.87. The van der Waals surface area contributed by atoms with Gasteiger partial charge >= 0.3 is 0 Å². The van der Waals surface area contributed by atoms with Crippen molar-refractivity contribution in [3.05, 3.63) is 107 Å². The lowest BCUT2D eigenvalue weighted by Gasteiger charge is -2.30. The van der Waals surface area contributed by atoms with Crippen LogP contribution in [0.3, 0.4) is 0 Å². The molecule has 0 bridgehead atoms. The van der Waals surface area contributed by atoms with Gasteiger partial charge in [0.15, 0.2) is 0 Å². The Bertz CT molecular complexity index is 2200. The van der Waals surface area contributed by atoms with Crippen LogP contribution in [0.2, 0.25) is 0 Å². The van der Waals surface area contributed by atoms with E-state index >= 15 is 0 Å². The molecule has 0 saturated carbocycles. The molecule has 4 heterocycles. The van der Waals surface area contributed by atoms with E-state index < -0.39 is 6.04 Å². The Kier molecular flexibility index (Phi) is 11.4. The Hall–Kier alpha value is -5.73. The van der Waals surface area contributed by atoms with Crippen molar-refractivity contribution < 1.29 is 19.4 Å². The molecule has 2 N–H and O–H groups in total. The minimum Gasteiger partial charge on any atom is -0.346 e. The lowest BCUT2D eigenvalue weighted by molar-refractivity contribution is -0.188. The van der Waals surface area contributed by atoms with E-state index in [4.69, 9.17) is 14.9 Å². The highest BCUT2D eigenvalue weighted by molar-refractivity contribution is 5.85. The third-order valence-electron chi connectivity index (χ3n) is 10.7. The number of aliphatic imine (C=N–C) groups is 1. The molecule has 0 aliphatic carbocycles. The van der Waals surface area contributed by atoms with Gasteiger partial charge in [0.1, 0.15) is 17.7 Å². The summed E-state index contributed by atoms with van der Waals surface area (Å²) in [5, 5.41) is 0. The van der Waals surface area contributed by atoms with Gasteiger partial charge in [-0.2, -0.15) is 4.89 Å². The van der Waals surface area contributed by atoms with E-state index in [0.717, 1.165) is 82.9 Å². The van der Waals surface area contributed by atoms with Crippen LogP contribution in [-0.2, 0) is 19.4 Å². The predicted molar refractivity (Wildman–Crippen MR) is 213 cm³/mol. The van der Waals surface area contributed by atoms with Crippen molar-refractivity contribution in [2.24, 2.45) is 16.8 Å². The maximum atomic E-state index is 13.9. The van der Waals surface area contributed by atoms with Crippen molar-refractivity contribution in [2.45, 2.75) is 77.4 Å². The second-order valence-electron chi connectivity index (χ2n) is 15.1. The molecule has 11 heteroatoms. The van der Waals surface area contributed by atoms with E-state index in [-0.39, 0.29) is 41.7 Å². The molecular formula is C44H49N7O4. The fourth-order valence-corrected chi connectivity index (χ4v) is 7.89. The fraction of sp³-hybridized carbons (Fsp3) is 0.386. The number of nitrogens with one attached hydrogen (secondary N) is 2. The molecule has 55 heavy (non-hydrogen) atoms. The molecule has 0 unspecified atom stereocenters. The summed E-state index contributed by atoms with van der Waals surface area (Å²) in [5.41, 5.74) is 6.32. The Balaban J connectivity index is 1.02. The number of hydrogen-bond acceptors (Lipinski definition) is 7. The average molecular weight is 740 g/mol. The smallest absolute Gasteiger partial charge is 0.248 e. The molecular weight excluding hydrogens is 691 g/mol. The third kappa shape index (κ3) is 8.20. The van der Waals surface area contributed by atoms with Gasteiger partial charge in [-0.25, -0.2) is 15.0 Å². The molecule has 2 aliphatic rings. The number of aromatic amines is 2. The minimum absolute atomic E-state index is 0.00803. The first-order valence-corrected chi connectivity index (χ1v) is 19.3. The van der Waals surface area contributed by atoms with Crippen molar-refractivity contribution >= 4 is 29.2 Å². The molecule has 0 spiro atoms. The zero-order valence-electron chi connectivity index (χ0n) is 32.2. The topological polar surface area (TPSA) is 129 Å². The highest BCUT2D eigenvalue weighted by atomic mass is 17.2. The predicted octanol–water partition coefficient (Wildman–Crippen LogP) is 7.75. The Morgan fingerprint density at radius 3 is 2.20 bits per heavy atom. The van der Waals surface area contributed by atoms with Crippen LogP contribution in [-0.4, -0.2) is 74.2 Å². The van der Waals surface area contributed by atoms with Gasteiger partial charge in [-0.1, -0.05) is 82.0 Å². The van der Waals surface area contributed by atoms with Gasteiger partial charge in [0.2, 0.25) is 18.2 Å². The summed E-state index contributed by atoms with van der Waals surface area (Å²) in [5.74, 6) is 8.28. The third-order valence-corrected chi connectivity index (χ3v) is 10.7. The van der Waals surface area contributed by atoms with Crippen molar-refractivity contribution in [3.8, 4) is 23.1 Å². The number of imidazole rings is 2. The van der Waals surface area contributed by atoms with E-state index in [1.807, 2.05) is 90.5 Å². The summed E-state index contributed by atoms with van der Waals surface area (Å²) < 4.78 is 0. The Morgan fingerprint density at radius 1 is 0.836 bits per heavy atom. The van der Waals surface area contributed by atoms with E-state index in [1.165, 1.54) is 13.5 Å². The van der Waals surface area contributed by atoms with Gasteiger partial charge in [-0.05, 0) is 73.4 Å². The Labute approximate surface area is 322 Å². The highest BCUT2D eigenvalue weighted by Gasteiger charge is 2.38. The number of hydrogen-bond donors (Lipinski definition) is 2. The molecule has 2 fully saturated rings. The summed E-state index contributed by atoms with van der Waals surface area (Å²) in [6, 6.07) is 23.3. The number of carbonyl (C=O) groups excluding carboxylic acids is 2. The molecule has 5 aromatic rings. The second kappa shape index (κ2) is 16.7. The van der Waals surface area contributed by atoms with Gasteiger partial charge in [0, 0.05) is 36.0 Å². The quantitative estimate of drug-likeness (QED) is 0.0469. The molecule has 2 aromatic heterocycles. The van der Waals surface area contributed by atoms with E-state index in [2.05, 4.69) is 57.7 Å². The number of likely N-dealkylation sites (tertiary alicyclic amines) is 2. The van der Waals surface area contributed by atoms with Gasteiger partial charge in [-0.15, -0.1) is 0 Å². The molecule has 3 aromatic carbocycles. The first kappa shape index (κ1) is 37.6. The standard InChI is InChI=1S/C44H49N7O4/c1-28(2)39(33-11-7-6-8-12-33)43(52)50-23-9-13-37(50)41-45-26-36(49-41)32-20-17-30(18-21-32)15-16-31-19-22-34-35(25-31)48-42(47-34)38-14-10-24-51(38)44(53)40(29(3)4)46-27-55-54-5/h6-8,11-12,17-22,25-29,37-40H,9-10,13-14,23-24H2,1-5H3,(H,45,49)(H,47,48)/b46-27+/t37-,38-,39+,40-/m0/s1. The highest BCUT2D eigenvalue weighted by Crippen LogP contribution is 2.37. The maximum Gasteiger partial charge on any atom is 0.248 e. The van der Waals surface area contributed by atoms with Crippen LogP contribution in [0.15, 0.2) is 84.0 Å². The number of aromatic nitrogens is 4. The lowest BCUT2D eigenvalue weighted by Crippen LogP contribution is -2.40. The first-order chi connectivity index (χ1) is 26.7. The summed E-state index contributed by atoms with van der Waals surface area (Å²) >= 11 is 0. The van der Waals surface area contributed by atoms with Crippen molar-refractivity contribution in [3.63, 3.8) is 0 Å². The summed E-state index contributed by atoms with van der Waals surface area (Å²) in [6.07, 6.45) is 6.67. The molecule has 0 radical (unpaired) electrons. The monoisotopic (exact) mass is 739 g/mol. The minimum atomic E-state index is -0.573. The number of nitrogens with zero attached hydrogens (tertiary/aromatic N) is 5. The van der Waals surface area contributed by atoms with E-state index in [1.54, 1.807) is 0 Å². The molecule has 284 valence electrons. The normalized spacial score (nSPS) is 18.3. The van der Waals surface area contributed by atoms with Crippen LogP contribution in [0.1, 0.15) is 99.7 Å². The summed E-state index contributed by atoms with van der Waals surface area (Å²) in [4.78, 5) is 61.8. The number of benzene rings is 3. The number of rotatable bonds is 11. The van der Waals surface area contributed by atoms with Crippen LogP contribution >= 0.6 is 0 Å². The van der Waals surface area contributed by atoms with Crippen molar-refractivity contribution in [1.82, 2.24) is 29.7 Å². The molecule has 2 amide bonds. The van der Waals surface area contributed by atoms with Gasteiger partial charge in [-0.3, -0.25) is 9.59 Å². The van der Waals surface area contributed by atoms with Gasteiger partial charge < -0.3 is 24.7 Å². The molecule has 2 aliphatic heterocycles. The number of fused-ring (bicyclic) bond motifs is 1. The first-order valence-electron chi connectivity index (χ1n) is 19.3. The molecule has 11 nitrogen and oxygen atoms in total. The summed E-state index contributed by atoms with van der Waals surface area (Å²) in [7, 11) is 1.40. The van der Waals surface area contributed by atoms with Crippen molar-refractivity contribution in [1.29, 1.82) is 0 Å². The fourth-order valence-electron chi connectivity index (χ4n) is 7.89. The molecule has 4 atom stereocenters. The van der Waals surface area contributed by atoms with Crippen LogP contribution in [0, 0.1) is 23.7 Å². The Morgan fingerprint density at radius 2 is 1.51 bits per heavy atom. The van der Waals surface area contributed by atoms with Crippen molar-refractivity contribution in [2.75, 3.05) is 20.2 Å². The molecule has 2 saturated heterocycles. The molecule has 7 rings (SSSR count). The maximum absolute atomic E-state index is 13.9.